The highest BCUT2D eigenvalue weighted by Gasteiger charge is 2.33. The summed E-state index contributed by atoms with van der Waals surface area (Å²) in [5.74, 6) is -0.755. The summed E-state index contributed by atoms with van der Waals surface area (Å²) in [5.41, 5.74) is 0. The van der Waals surface area contributed by atoms with Gasteiger partial charge in [-0.2, -0.15) is 0 Å². The topological polar surface area (TPSA) is 123 Å². The summed E-state index contributed by atoms with van der Waals surface area (Å²) in [6.45, 7) is -1.55. The Bertz CT molecular complexity index is 147. The normalized spacial score (nSPS) is 18.4. The highest BCUT2D eigenvalue weighted by atomic mass is 16.4. The molecule has 72 valence electrons. The fourth-order valence-electron chi connectivity index (χ4n) is 0.609. The fourth-order valence-corrected chi connectivity index (χ4v) is 0.609. The monoisotopic (exact) mass is 181 g/mol. The zero-order chi connectivity index (χ0) is 9.72. The molecule has 0 amide bonds. The van der Waals surface area contributed by atoms with Crippen LogP contribution in [-0.4, -0.2) is 67.6 Å². The summed E-state index contributed by atoms with van der Waals surface area (Å²) >= 11 is 0. The lowest BCUT2D eigenvalue weighted by atomic mass is 10.1. The van der Waals surface area contributed by atoms with Crippen LogP contribution in [0.1, 0.15) is 0 Å². The molecule has 0 radical (unpaired) electrons. The van der Waals surface area contributed by atoms with E-state index in [-0.39, 0.29) is 0 Å². The highest BCUT2D eigenvalue weighted by molar-refractivity contribution is 5.85. The third kappa shape index (κ3) is 2.84. The van der Waals surface area contributed by atoms with Crippen molar-refractivity contribution in [1.29, 1.82) is 0 Å². The minimum atomic E-state index is -1.75. The molecular weight excluding hydrogens is 168 g/mol. The molecule has 6 heteroatoms. The maximum Gasteiger partial charge on any atom is 0.348 e. The Kier molecular flexibility index (Phi) is 4.95. The molecule has 3 atom stereocenters. The number of hydrogen-bond acceptors (Lipinski definition) is 5. The van der Waals surface area contributed by atoms with Crippen molar-refractivity contribution in [1.82, 2.24) is 0 Å². The van der Waals surface area contributed by atoms with Crippen molar-refractivity contribution in [2.45, 2.75) is 18.3 Å². The Morgan fingerprint density at radius 2 is 1.67 bits per heavy atom. The molecule has 0 bridgehead atoms. The van der Waals surface area contributed by atoms with Crippen molar-refractivity contribution in [2.75, 3.05) is 13.2 Å². The van der Waals surface area contributed by atoms with Gasteiger partial charge < -0.3 is 25.5 Å². The summed E-state index contributed by atoms with van der Waals surface area (Å²) in [6.07, 6.45) is -5.01. The Morgan fingerprint density at radius 3 is 2.00 bits per heavy atom. The first-order valence-electron chi connectivity index (χ1n) is 3.35. The third-order valence-electron chi connectivity index (χ3n) is 1.41. The van der Waals surface area contributed by atoms with Crippen LogP contribution in [0.3, 0.4) is 0 Å². The van der Waals surface area contributed by atoms with Crippen LogP contribution in [0.15, 0.2) is 0 Å². The summed E-state index contributed by atoms with van der Waals surface area (Å²) in [5, 5.41) is 43.3. The number of rotatable bonds is 5. The van der Waals surface area contributed by atoms with Gasteiger partial charge >= 0.3 is 5.78 Å². The number of carbonyl (C=O) groups excluding carboxylic acids is 1. The molecule has 0 aliphatic heterocycles. The average Bonchev–Trinajstić information content (AvgIpc) is 2.12. The van der Waals surface area contributed by atoms with Crippen molar-refractivity contribution < 1.29 is 30.3 Å². The predicted molar refractivity (Wildman–Crippen MR) is 39.1 cm³/mol. The van der Waals surface area contributed by atoms with Gasteiger partial charge in [0, 0.05) is 0 Å². The molecule has 6 nitrogen and oxygen atoms in total. The first kappa shape index (κ1) is 11.5. The van der Waals surface area contributed by atoms with Gasteiger partial charge in [0.25, 0.3) is 0 Å². The smallest absolute Gasteiger partial charge is 0.348 e. The van der Waals surface area contributed by atoms with Gasteiger partial charge in [0.1, 0.15) is 12.2 Å². The summed E-state index contributed by atoms with van der Waals surface area (Å²) < 4.78 is 0. The largest absolute Gasteiger partial charge is 0.394 e. The van der Waals surface area contributed by atoms with Gasteiger partial charge in [-0.3, -0.25) is 4.79 Å². The van der Waals surface area contributed by atoms with Crippen LogP contribution in [-0.2, 0) is 0 Å². The number of aliphatic hydroxyl groups excluding tert-OH is 5. The minimum Gasteiger partial charge on any atom is -0.394 e. The van der Waals surface area contributed by atoms with Crippen molar-refractivity contribution in [2.24, 2.45) is 0 Å². The molecule has 0 heterocycles. The first-order chi connectivity index (χ1) is 5.54. The van der Waals surface area contributed by atoms with Crippen LogP contribution in [0.4, 0.5) is 0 Å². The van der Waals surface area contributed by atoms with E-state index in [1.807, 2.05) is 0 Å². The predicted octanol–water partition coefficient (Wildman–Crippen LogP) is -3.40. The summed E-state index contributed by atoms with van der Waals surface area (Å²) in [4.78, 5) is 8.71. The van der Waals surface area contributed by atoms with Gasteiger partial charge in [0.15, 0.2) is 12.7 Å². The summed E-state index contributed by atoms with van der Waals surface area (Å²) in [7, 11) is 0. The molecule has 0 rings (SSSR count). The second kappa shape index (κ2) is 5.18. The Hall–Kier alpha value is -0.530. The van der Waals surface area contributed by atoms with E-state index in [1.165, 1.54) is 0 Å². The zero-order valence-electron chi connectivity index (χ0n) is 6.33. The van der Waals surface area contributed by atoms with Crippen molar-refractivity contribution in [3.05, 3.63) is 0 Å². The van der Waals surface area contributed by atoms with Crippen LogP contribution in [0.2, 0.25) is 0 Å². The Balaban J connectivity index is 4.08. The third-order valence-corrected chi connectivity index (χ3v) is 1.41. The van der Waals surface area contributed by atoms with Gasteiger partial charge in [-0.25, -0.2) is 0 Å². The second-order valence-electron chi connectivity index (χ2n) is 2.33. The summed E-state index contributed by atoms with van der Waals surface area (Å²) in [6, 6.07) is 0. The minimum absolute atomic E-state index is 0.739. The van der Waals surface area contributed by atoms with Gasteiger partial charge in [-0.15, -0.1) is 0 Å². The molecule has 0 aromatic heterocycles. The van der Waals surface area contributed by atoms with E-state index >= 15 is 0 Å². The van der Waals surface area contributed by atoms with Crippen LogP contribution < -0.4 is 0 Å². The van der Waals surface area contributed by atoms with Gasteiger partial charge in [0.05, 0.1) is 6.61 Å². The van der Waals surface area contributed by atoms with E-state index in [9.17, 15) is 0 Å². The fraction of sp³-hybridized carbons (Fsp3) is 0.833. The van der Waals surface area contributed by atoms with E-state index in [0.717, 1.165) is 0 Å². The van der Waals surface area contributed by atoms with Crippen molar-refractivity contribution >= 4 is 5.78 Å². The van der Waals surface area contributed by atoms with Crippen LogP contribution >= 0.6 is 0 Å². The molecule has 1 unspecified atom stereocenters. The zero-order valence-corrected chi connectivity index (χ0v) is 6.33. The molecule has 0 spiro atoms. The molecule has 0 saturated carbocycles. The first-order valence-corrected chi connectivity index (χ1v) is 3.35. The molecule has 0 aromatic carbocycles. The molecule has 0 aliphatic rings. The Labute approximate surface area is 68.7 Å². The quantitative estimate of drug-likeness (QED) is 0.283. The molecule has 6 N–H and O–H groups in total. The van der Waals surface area contributed by atoms with E-state index < -0.39 is 37.3 Å². The maximum atomic E-state index is 8.94. The van der Waals surface area contributed by atoms with Crippen molar-refractivity contribution in [3.63, 3.8) is 0 Å². The number of ketones is 1. The number of aliphatic hydroxyl groups is 5. The van der Waals surface area contributed by atoms with Crippen LogP contribution in [0.5, 0.6) is 0 Å². The molecule has 12 heavy (non-hydrogen) atoms. The molecular formula is C6H13O6+. The van der Waals surface area contributed by atoms with Crippen LogP contribution in [0.25, 0.3) is 0 Å². The van der Waals surface area contributed by atoms with Crippen LogP contribution in [0, 0.1) is 0 Å². The van der Waals surface area contributed by atoms with Gasteiger partial charge in [-0.1, -0.05) is 0 Å². The Morgan fingerprint density at radius 1 is 1.17 bits per heavy atom. The highest BCUT2D eigenvalue weighted by Crippen LogP contribution is 2.00. The molecule has 0 aromatic rings. The van der Waals surface area contributed by atoms with E-state index in [0.29, 0.717) is 0 Å². The van der Waals surface area contributed by atoms with E-state index in [2.05, 4.69) is 0 Å². The molecule has 0 saturated heterocycles. The molecule has 0 fully saturated rings. The van der Waals surface area contributed by atoms with Gasteiger partial charge in [-0.05, 0) is 0 Å². The van der Waals surface area contributed by atoms with E-state index in [1.54, 1.807) is 0 Å². The average molecular weight is 181 g/mol. The second-order valence-corrected chi connectivity index (χ2v) is 2.33. The lowest BCUT2D eigenvalue weighted by Gasteiger charge is -2.17. The van der Waals surface area contributed by atoms with Crippen molar-refractivity contribution in [3.8, 4) is 0 Å². The number of hydrogen-bond donors (Lipinski definition) is 5. The molecule has 0 aliphatic carbocycles. The standard InChI is InChI=1S/C6H12O6/c7-1-3(9)5(11)6(12)4(10)2-8/h3,5-9,11-12H,1-2H2/p+1/t3?,5-,6-/m1/s1. The SMILES string of the molecule is OCC(=[OH+])[C@@H](O)[C@H](O)C(O)CO. The van der Waals surface area contributed by atoms with Gasteiger partial charge in [0.2, 0.25) is 0 Å². The lowest BCUT2D eigenvalue weighted by Crippen LogP contribution is -2.44. The lowest BCUT2D eigenvalue weighted by molar-refractivity contribution is -0.0580. The maximum absolute atomic E-state index is 8.94. The van der Waals surface area contributed by atoms with E-state index in [4.69, 9.17) is 30.3 Å².